The van der Waals surface area contributed by atoms with Gasteiger partial charge < -0.3 is 21.1 Å². The molecule has 29 heavy (non-hydrogen) atoms. The third-order valence-electron chi connectivity index (χ3n) is 4.51. The number of aromatic hydroxyl groups is 1. The van der Waals surface area contributed by atoms with Crippen molar-refractivity contribution >= 4 is 34.8 Å². The number of nitrogens with zero attached hydrogens (tertiary/aromatic N) is 1. The molecule has 0 radical (unpaired) electrons. The Labute approximate surface area is 173 Å². The van der Waals surface area contributed by atoms with E-state index in [0.717, 1.165) is 11.1 Å². The normalized spacial score (nSPS) is 16.0. The van der Waals surface area contributed by atoms with Gasteiger partial charge in [-0.25, -0.2) is 4.98 Å². The summed E-state index contributed by atoms with van der Waals surface area (Å²) in [7, 11) is 0. The Kier molecular flexibility index (Phi) is 5.22. The number of rotatable bonds is 4. The largest absolute Gasteiger partial charge is 0.508 e. The van der Waals surface area contributed by atoms with Crippen LogP contribution in [0.4, 0.5) is 5.82 Å². The van der Waals surface area contributed by atoms with Gasteiger partial charge in [0.1, 0.15) is 11.6 Å². The molecule has 2 heterocycles. The van der Waals surface area contributed by atoms with Crippen molar-refractivity contribution in [1.82, 2.24) is 15.6 Å². The van der Waals surface area contributed by atoms with Crippen molar-refractivity contribution in [2.45, 2.75) is 6.04 Å². The first kappa shape index (κ1) is 18.6. The summed E-state index contributed by atoms with van der Waals surface area (Å²) in [5, 5.41) is 19.2. The van der Waals surface area contributed by atoms with E-state index < -0.39 is 6.04 Å². The standard InChI is InChI=1S/C22H18N4O2S/c27-16-11-9-15(10-12-16)20-18(21(28)24-17-8-4-5-13-23-17)19(25-22(29)26-20)14-6-2-1-3-7-14/h1-13,20,27H,(H,23,24,28)(H2,25,26,29)/t20-/m1/s1. The smallest absolute Gasteiger partial charge is 0.257 e. The van der Waals surface area contributed by atoms with Gasteiger partial charge >= 0.3 is 0 Å². The summed E-state index contributed by atoms with van der Waals surface area (Å²) < 4.78 is 0. The number of nitrogens with one attached hydrogen (secondary N) is 3. The number of pyridine rings is 1. The fourth-order valence-electron chi connectivity index (χ4n) is 3.18. The molecule has 7 heteroatoms. The number of anilines is 1. The summed E-state index contributed by atoms with van der Waals surface area (Å²) in [4.78, 5) is 17.5. The van der Waals surface area contributed by atoms with Crippen molar-refractivity contribution < 1.29 is 9.90 Å². The van der Waals surface area contributed by atoms with Crippen molar-refractivity contribution in [2.24, 2.45) is 0 Å². The summed E-state index contributed by atoms with van der Waals surface area (Å²) >= 11 is 5.40. The number of aromatic nitrogens is 1. The number of phenolic OH excluding ortho intramolecular Hbond substituents is 1. The Morgan fingerprint density at radius 3 is 2.41 bits per heavy atom. The number of carbonyl (C=O) groups excluding carboxylic acids is 1. The molecule has 1 aromatic heterocycles. The fraction of sp³-hybridized carbons (Fsp3) is 0.0455. The summed E-state index contributed by atoms with van der Waals surface area (Å²) in [6.07, 6.45) is 1.62. The van der Waals surface area contributed by atoms with Crippen LogP contribution in [0.25, 0.3) is 5.70 Å². The zero-order valence-electron chi connectivity index (χ0n) is 15.3. The Bertz CT molecular complexity index is 1070. The van der Waals surface area contributed by atoms with Gasteiger partial charge in [0.2, 0.25) is 0 Å². The first-order chi connectivity index (χ1) is 14.1. The van der Waals surface area contributed by atoms with Gasteiger partial charge in [0.25, 0.3) is 5.91 Å². The molecular formula is C22H18N4O2S. The lowest BCUT2D eigenvalue weighted by atomic mass is 9.92. The van der Waals surface area contributed by atoms with Crippen LogP contribution in [-0.2, 0) is 4.79 Å². The first-order valence-corrected chi connectivity index (χ1v) is 9.41. The Hall–Kier alpha value is -3.71. The summed E-state index contributed by atoms with van der Waals surface area (Å²) in [5.74, 6) is 0.301. The molecular weight excluding hydrogens is 384 g/mol. The number of amides is 1. The highest BCUT2D eigenvalue weighted by Crippen LogP contribution is 2.32. The third kappa shape index (κ3) is 4.09. The predicted molar refractivity (Wildman–Crippen MR) is 116 cm³/mol. The maximum absolute atomic E-state index is 13.3. The quantitative estimate of drug-likeness (QED) is 0.501. The maximum Gasteiger partial charge on any atom is 0.257 e. The van der Waals surface area contributed by atoms with Crippen molar-refractivity contribution in [3.63, 3.8) is 0 Å². The minimum absolute atomic E-state index is 0.150. The summed E-state index contributed by atoms with van der Waals surface area (Å²) in [6.45, 7) is 0. The highest BCUT2D eigenvalue weighted by molar-refractivity contribution is 7.80. The van der Waals surface area contributed by atoms with Crippen LogP contribution in [0.1, 0.15) is 17.2 Å². The van der Waals surface area contributed by atoms with E-state index in [1.165, 1.54) is 0 Å². The molecule has 0 bridgehead atoms. The van der Waals surface area contributed by atoms with E-state index in [1.807, 2.05) is 30.3 Å². The van der Waals surface area contributed by atoms with Gasteiger partial charge in [-0.3, -0.25) is 4.79 Å². The molecule has 0 fully saturated rings. The van der Waals surface area contributed by atoms with Crippen LogP contribution in [0.15, 0.2) is 84.6 Å². The molecule has 3 aromatic rings. The minimum atomic E-state index is -0.497. The van der Waals surface area contributed by atoms with Gasteiger partial charge in [0.05, 0.1) is 17.3 Å². The number of hydrogen-bond donors (Lipinski definition) is 4. The third-order valence-corrected chi connectivity index (χ3v) is 4.73. The van der Waals surface area contributed by atoms with Gasteiger partial charge in [0.15, 0.2) is 5.11 Å². The number of benzene rings is 2. The van der Waals surface area contributed by atoms with Crippen LogP contribution in [0.2, 0.25) is 0 Å². The van der Waals surface area contributed by atoms with Crippen molar-refractivity contribution in [3.8, 4) is 5.75 Å². The molecule has 1 aliphatic rings. The minimum Gasteiger partial charge on any atom is -0.508 e. The average Bonchev–Trinajstić information content (AvgIpc) is 2.75. The Balaban J connectivity index is 1.83. The van der Waals surface area contributed by atoms with E-state index in [4.69, 9.17) is 12.2 Å². The topological polar surface area (TPSA) is 86.3 Å². The molecule has 0 saturated heterocycles. The molecule has 2 aromatic carbocycles. The van der Waals surface area contributed by atoms with Crippen LogP contribution < -0.4 is 16.0 Å². The van der Waals surface area contributed by atoms with Gasteiger partial charge in [-0.15, -0.1) is 0 Å². The molecule has 1 amide bonds. The molecule has 0 saturated carbocycles. The van der Waals surface area contributed by atoms with E-state index in [1.54, 1.807) is 48.7 Å². The molecule has 1 atom stereocenters. The highest BCUT2D eigenvalue weighted by atomic mass is 32.1. The monoisotopic (exact) mass is 402 g/mol. The maximum atomic E-state index is 13.3. The second-order valence-corrected chi connectivity index (χ2v) is 6.86. The average molecular weight is 402 g/mol. The lowest BCUT2D eigenvalue weighted by Gasteiger charge is -2.31. The van der Waals surface area contributed by atoms with Crippen LogP contribution in [-0.4, -0.2) is 21.1 Å². The highest BCUT2D eigenvalue weighted by Gasteiger charge is 2.32. The van der Waals surface area contributed by atoms with Crippen molar-refractivity contribution in [1.29, 1.82) is 0 Å². The van der Waals surface area contributed by atoms with Crippen LogP contribution in [0.5, 0.6) is 5.75 Å². The number of hydrogen-bond acceptors (Lipinski definition) is 4. The second-order valence-electron chi connectivity index (χ2n) is 6.45. The van der Waals surface area contributed by atoms with E-state index in [2.05, 4.69) is 20.9 Å². The molecule has 0 aliphatic carbocycles. The lowest BCUT2D eigenvalue weighted by molar-refractivity contribution is -0.113. The second kappa shape index (κ2) is 8.12. The number of phenols is 1. The van der Waals surface area contributed by atoms with E-state index >= 15 is 0 Å². The fourth-order valence-corrected chi connectivity index (χ4v) is 3.40. The van der Waals surface area contributed by atoms with Crippen LogP contribution >= 0.6 is 12.2 Å². The van der Waals surface area contributed by atoms with E-state index in [0.29, 0.717) is 22.2 Å². The predicted octanol–water partition coefficient (Wildman–Crippen LogP) is 3.36. The molecule has 4 N–H and O–H groups in total. The van der Waals surface area contributed by atoms with Gasteiger partial charge in [0, 0.05) is 6.20 Å². The molecule has 144 valence electrons. The zero-order chi connectivity index (χ0) is 20.2. The van der Waals surface area contributed by atoms with Crippen LogP contribution in [0, 0.1) is 0 Å². The van der Waals surface area contributed by atoms with E-state index in [9.17, 15) is 9.90 Å². The van der Waals surface area contributed by atoms with Gasteiger partial charge in [-0.1, -0.05) is 48.5 Å². The molecule has 6 nitrogen and oxygen atoms in total. The SMILES string of the molecule is O=C(Nc1ccccn1)C1=C(c2ccccc2)NC(=S)N[C@@H]1c1ccc(O)cc1. The van der Waals surface area contributed by atoms with Crippen molar-refractivity contribution in [3.05, 3.63) is 95.7 Å². The number of carbonyl (C=O) groups is 1. The van der Waals surface area contributed by atoms with E-state index in [-0.39, 0.29) is 11.7 Å². The summed E-state index contributed by atoms with van der Waals surface area (Å²) in [5.41, 5.74) is 2.74. The lowest BCUT2D eigenvalue weighted by Crippen LogP contribution is -2.45. The van der Waals surface area contributed by atoms with Gasteiger partial charge in [-0.05, 0) is 47.6 Å². The van der Waals surface area contributed by atoms with Crippen molar-refractivity contribution in [2.75, 3.05) is 5.32 Å². The Morgan fingerprint density at radius 1 is 1.00 bits per heavy atom. The molecule has 4 rings (SSSR count). The molecule has 1 aliphatic heterocycles. The Morgan fingerprint density at radius 2 is 1.72 bits per heavy atom. The summed E-state index contributed by atoms with van der Waals surface area (Å²) in [6, 6.07) is 21.0. The molecule has 0 unspecified atom stereocenters. The first-order valence-electron chi connectivity index (χ1n) is 9.00. The number of thiocarbonyl (C=S) groups is 1. The van der Waals surface area contributed by atoms with Crippen LogP contribution in [0.3, 0.4) is 0 Å². The van der Waals surface area contributed by atoms with Gasteiger partial charge in [-0.2, -0.15) is 0 Å². The molecule has 0 spiro atoms. The zero-order valence-corrected chi connectivity index (χ0v) is 16.1.